The third-order valence-electron chi connectivity index (χ3n) is 2.83. The summed E-state index contributed by atoms with van der Waals surface area (Å²) in [6.07, 6.45) is 2.32. The van der Waals surface area contributed by atoms with E-state index in [4.69, 9.17) is 11.6 Å². The van der Waals surface area contributed by atoms with Gasteiger partial charge in [-0.15, -0.1) is 0 Å². The maximum atomic E-state index is 12.1. The van der Waals surface area contributed by atoms with Gasteiger partial charge in [0.15, 0.2) is 0 Å². The van der Waals surface area contributed by atoms with Crippen molar-refractivity contribution in [2.24, 2.45) is 0 Å². The number of amides is 1. The molecule has 1 heterocycles. The summed E-state index contributed by atoms with van der Waals surface area (Å²) < 4.78 is 0. The quantitative estimate of drug-likeness (QED) is 0.913. The van der Waals surface area contributed by atoms with E-state index in [1.54, 1.807) is 0 Å². The number of halogens is 1. The lowest BCUT2D eigenvalue weighted by Crippen LogP contribution is -2.43. The molecule has 1 aromatic heterocycles. The molecule has 0 aromatic carbocycles. The van der Waals surface area contributed by atoms with Gasteiger partial charge in [0, 0.05) is 11.5 Å². The van der Waals surface area contributed by atoms with E-state index in [1.165, 1.54) is 6.20 Å². The van der Waals surface area contributed by atoms with Crippen molar-refractivity contribution in [2.75, 3.05) is 0 Å². The Morgan fingerprint density at radius 3 is 2.61 bits per heavy atom. The number of hydrogen-bond donors (Lipinski definition) is 1. The fourth-order valence-electron chi connectivity index (χ4n) is 1.27. The Bertz CT molecular complexity index is 444. The summed E-state index contributed by atoms with van der Waals surface area (Å²) in [4.78, 5) is 20.5. The van der Waals surface area contributed by atoms with Gasteiger partial charge in [0.2, 0.25) is 0 Å². The predicted octanol–water partition coefficient (Wildman–Crippen LogP) is 3.17. The predicted molar refractivity (Wildman–Crippen MR) is 73.0 cm³/mol. The van der Waals surface area contributed by atoms with Crippen LogP contribution in [0.1, 0.15) is 63.3 Å². The number of rotatable bonds is 4. The molecule has 0 saturated heterocycles. The molecular formula is C13H20ClN3O. The van der Waals surface area contributed by atoms with Gasteiger partial charge in [0.1, 0.15) is 11.5 Å². The molecule has 0 aliphatic heterocycles. The fourth-order valence-corrected chi connectivity index (χ4v) is 1.45. The Balaban J connectivity index is 3.02. The van der Waals surface area contributed by atoms with E-state index >= 15 is 0 Å². The second-order valence-corrected chi connectivity index (χ2v) is 5.68. The average molecular weight is 270 g/mol. The van der Waals surface area contributed by atoms with E-state index in [0.717, 1.165) is 6.42 Å². The Labute approximate surface area is 113 Å². The number of hydrogen-bond acceptors (Lipinski definition) is 3. The van der Waals surface area contributed by atoms with Gasteiger partial charge >= 0.3 is 0 Å². The van der Waals surface area contributed by atoms with Gasteiger partial charge in [-0.05, 0) is 20.3 Å². The number of carbonyl (C=O) groups excluding carboxylic acids is 1. The van der Waals surface area contributed by atoms with Crippen LogP contribution in [0.4, 0.5) is 0 Å². The van der Waals surface area contributed by atoms with Crippen molar-refractivity contribution in [1.29, 1.82) is 0 Å². The van der Waals surface area contributed by atoms with Crippen molar-refractivity contribution in [3.05, 3.63) is 22.7 Å². The summed E-state index contributed by atoms with van der Waals surface area (Å²) in [7, 11) is 0. The largest absolute Gasteiger partial charge is 0.346 e. The van der Waals surface area contributed by atoms with Crippen LogP contribution in [-0.4, -0.2) is 21.4 Å². The fraction of sp³-hybridized carbons (Fsp3) is 0.615. The molecular weight excluding hydrogens is 250 g/mol. The van der Waals surface area contributed by atoms with Gasteiger partial charge in [0.05, 0.1) is 11.2 Å². The first-order valence-corrected chi connectivity index (χ1v) is 6.49. The monoisotopic (exact) mass is 269 g/mol. The van der Waals surface area contributed by atoms with Crippen molar-refractivity contribution in [2.45, 2.75) is 52.5 Å². The SMILES string of the molecule is CCC(C)(C)NC(=O)c1nc(C(C)C)ncc1Cl. The Kier molecular flexibility index (Phi) is 4.68. The molecule has 0 aliphatic rings. The molecule has 100 valence electrons. The van der Waals surface area contributed by atoms with Gasteiger partial charge in [0.25, 0.3) is 5.91 Å². The van der Waals surface area contributed by atoms with Crippen LogP contribution in [0.3, 0.4) is 0 Å². The zero-order valence-electron chi connectivity index (χ0n) is 11.5. The minimum atomic E-state index is -0.274. The molecule has 4 nitrogen and oxygen atoms in total. The zero-order chi connectivity index (χ0) is 13.9. The first kappa shape index (κ1) is 14.9. The van der Waals surface area contributed by atoms with Gasteiger partial charge in [-0.1, -0.05) is 32.4 Å². The molecule has 0 atom stereocenters. The maximum Gasteiger partial charge on any atom is 0.271 e. The lowest BCUT2D eigenvalue weighted by molar-refractivity contribution is 0.0905. The lowest BCUT2D eigenvalue weighted by Gasteiger charge is -2.24. The Hall–Kier alpha value is -1.16. The molecule has 0 fully saturated rings. The Morgan fingerprint density at radius 1 is 1.50 bits per heavy atom. The summed E-state index contributed by atoms with van der Waals surface area (Å²) in [5, 5.41) is 3.20. The van der Waals surface area contributed by atoms with E-state index in [1.807, 2.05) is 34.6 Å². The molecule has 0 spiro atoms. The topological polar surface area (TPSA) is 54.9 Å². The molecule has 5 heteroatoms. The van der Waals surface area contributed by atoms with E-state index in [2.05, 4.69) is 15.3 Å². The number of nitrogens with zero attached hydrogens (tertiary/aromatic N) is 2. The number of nitrogens with one attached hydrogen (secondary N) is 1. The van der Waals surface area contributed by atoms with Crippen LogP contribution >= 0.6 is 11.6 Å². The lowest BCUT2D eigenvalue weighted by atomic mass is 10.0. The molecule has 18 heavy (non-hydrogen) atoms. The molecule has 1 amide bonds. The average Bonchev–Trinajstić information content (AvgIpc) is 2.28. The highest BCUT2D eigenvalue weighted by molar-refractivity contribution is 6.33. The van der Waals surface area contributed by atoms with Gasteiger partial charge in [-0.25, -0.2) is 9.97 Å². The van der Waals surface area contributed by atoms with Gasteiger partial charge in [-0.2, -0.15) is 0 Å². The van der Waals surface area contributed by atoms with Crippen LogP contribution in [0.15, 0.2) is 6.20 Å². The highest BCUT2D eigenvalue weighted by Gasteiger charge is 2.22. The molecule has 0 saturated carbocycles. The third-order valence-corrected chi connectivity index (χ3v) is 3.11. The van der Waals surface area contributed by atoms with Crippen molar-refractivity contribution >= 4 is 17.5 Å². The van der Waals surface area contributed by atoms with Crippen molar-refractivity contribution in [3.8, 4) is 0 Å². The van der Waals surface area contributed by atoms with E-state index in [0.29, 0.717) is 5.82 Å². The van der Waals surface area contributed by atoms with Crippen molar-refractivity contribution in [3.63, 3.8) is 0 Å². The van der Waals surface area contributed by atoms with Gasteiger partial charge in [-0.3, -0.25) is 4.79 Å². The summed E-state index contributed by atoms with van der Waals surface area (Å²) in [5.41, 5.74) is -0.0273. The maximum absolute atomic E-state index is 12.1. The highest BCUT2D eigenvalue weighted by Crippen LogP contribution is 2.17. The second kappa shape index (κ2) is 5.65. The van der Waals surface area contributed by atoms with Crippen LogP contribution < -0.4 is 5.32 Å². The Morgan fingerprint density at radius 2 is 2.11 bits per heavy atom. The molecule has 0 aliphatic carbocycles. The van der Waals surface area contributed by atoms with Crippen LogP contribution in [0.25, 0.3) is 0 Å². The van der Waals surface area contributed by atoms with Crippen molar-refractivity contribution < 1.29 is 4.79 Å². The highest BCUT2D eigenvalue weighted by atomic mass is 35.5. The minimum Gasteiger partial charge on any atom is -0.346 e. The van der Waals surface area contributed by atoms with Crippen LogP contribution in [0.5, 0.6) is 0 Å². The minimum absolute atomic E-state index is 0.160. The summed E-state index contributed by atoms with van der Waals surface area (Å²) >= 11 is 5.98. The number of carbonyl (C=O) groups is 1. The van der Waals surface area contributed by atoms with Crippen LogP contribution in [0, 0.1) is 0 Å². The molecule has 0 bridgehead atoms. The first-order chi connectivity index (χ1) is 8.26. The van der Waals surface area contributed by atoms with Crippen LogP contribution in [0.2, 0.25) is 5.02 Å². The third kappa shape index (κ3) is 3.67. The van der Waals surface area contributed by atoms with E-state index in [-0.39, 0.29) is 28.1 Å². The molecule has 1 N–H and O–H groups in total. The molecule has 1 aromatic rings. The standard InChI is InChI=1S/C13H20ClN3O/c1-6-13(4,5)17-12(18)10-9(14)7-15-11(16-10)8(2)3/h7-8H,6H2,1-5H3,(H,17,18). The second-order valence-electron chi connectivity index (χ2n) is 5.27. The number of aromatic nitrogens is 2. The molecule has 0 radical (unpaired) electrons. The summed E-state index contributed by atoms with van der Waals surface area (Å²) in [6, 6.07) is 0. The van der Waals surface area contributed by atoms with E-state index < -0.39 is 0 Å². The summed E-state index contributed by atoms with van der Waals surface area (Å²) in [6.45, 7) is 9.88. The summed E-state index contributed by atoms with van der Waals surface area (Å²) in [5.74, 6) is 0.531. The zero-order valence-corrected chi connectivity index (χ0v) is 12.3. The smallest absolute Gasteiger partial charge is 0.271 e. The van der Waals surface area contributed by atoms with E-state index in [9.17, 15) is 4.79 Å². The first-order valence-electron chi connectivity index (χ1n) is 6.11. The van der Waals surface area contributed by atoms with Crippen LogP contribution in [-0.2, 0) is 0 Å². The van der Waals surface area contributed by atoms with Crippen molar-refractivity contribution in [1.82, 2.24) is 15.3 Å². The van der Waals surface area contributed by atoms with Gasteiger partial charge < -0.3 is 5.32 Å². The normalized spacial score (nSPS) is 11.7. The molecule has 1 rings (SSSR count). The molecule has 0 unspecified atom stereocenters.